The molecule has 0 aliphatic heterocycles. The van der Waals surface area contributed by atoms with Crippen LogP contribution in [0.4, 0.5) is 4.39 Å². The van der Waals surface area contributed by atoms with E-state index in [0.29, 0.717) is 29.5 Å². The van der Waals surface area contributed by atoms with Crippen LogP contribution in [0.25, 0.3) is 0 Å². The zero-order valence-corrected chi connectivity index (χ0v) is 18.2. The fourth-order valence-corrected chi connectivity index (χ4v) is 2.51. The Morgan fingerprint density at radius 3 is 2.64 bits per heavy atom. The van der Waals surface area contributed by atoms with Crippen LogP contribution in [-0.4, -0.2) is 64.9 Å². The molecule has 0 aliphatic rings. The summed E-state index contributed by atoms with van der Waals surface area (Å²) in [5.74, 6) is 0.428. The molecule has 0 aromatic heterocycles. The van der Waals surface area contributed by atoms with Gasteiger partial charge in [0.15, 0.2) is 5.96 Å². The van der Waals surface area contributed by atoms with E-state index in [-0.39, 0.29) is 29.8 Å². The third kappa shape index (κ3) is 10.2. The Bertz CT molecular complexity index is 499. The topological polar surface area (TPSA) is 48.9 Å². The lowest BCUT2D eigenvalue weighted by Gasteiger charge is -2.18. The van der Waals surface area contributed by atoms with Crippen LogP contribution < -0.4 is 10.6 Å². The van der Waals surface area contributed by atoms with Crippen molar-refractivity contribution < 1.29 is 9.13 Å². The van der Waals surface area contributed by atoms with E-state index < -0.39 is 0 Å². The number of nitrogens with zero attached hydrogens (tertiary/aromatic N) is 2. The minimum absolute atomic E-state index is 0. The van der Waals surface area contributed by atoms with Gasteiger partial charge < -0.3 is 20.3 Å². The molecule has 5 nitrogen and oxygen atoms in total. The molecule has 1 aromatic rings. The van der Waals surface area contributed by atoms with Crippen LogP contribution in [-0.2, 0) is 11.2 Å². The van der Waals surface area contributed by atoms with Crippen molar-refractivity contribution in [3.8, 4) is 0 Å². The standard InChI is InChI=1S/C17H28ClFN4O.HI/c1-20-17(22-10-12-23(2)11-5-13-24-3)21-9-8-14-15(18)6-4-7-16(14)19;/h4,6-7H,5,8-13H2,1-3H3,(H2,20,21,22);1H. The molecule has 0 aliphatic carbocycles. The summed E-state index contributed by atoms with van der Waals surface area (Å²) in [6, 6.07) is 4.73. The third-order valence-electron chi connectivity index (χ3n) is 3.63. The van der Waals surface area contributed by atoms with Crippen molar-refractivity contribution in [2.75, 3.05) is 54.0 Å². The second-order valence-corrected chi connectivity index (χ2v) is 5.93. The molecule has 0 unspecified atom stereocenters. The number of benzene rings is 1. The predicted octanol–water partition coefficient (Wildman–Crippen LogP) is 2.77. The molecule has 0 spiro atoms. The van der Waals surface area contributed by atoms with Crippen molar-refractivity contribution in [1.82, 2.24) is 15.5 Å². The molecule has 0 heterocycles. The number of hydrogen-bond acceptors (Lipinski definition) is 3. The quantitative estimate of drug-likeness (QED) is 0.231. The summed E-state index contributed by atoms with van der Waals surface area (Å²) in [7, 11) is 5.51. The zero-order chi connectivity index (χ0) is 17.8. The van der Waals surface area contributed by atoms with Crippen molar-refractivity contribution in [3.63, 3.8) is 0 Å². The average Bonchev–Trinajstić information content (AvgIpc) is 2.56. The van der Waals surface area contributed by atoms with Gasteiger partial charge in [0.05, 0.1) is 0 Å². The van der Waals surface area contributed by atoms with Crippen LogP contribution in [0.2, 0.25) is 5.02 Å². The van der Waals surface area contributed by atoms with Gasteiger partial charge in [0.1, 0.15) is 5.82 Å². The van der Waals surface area contributed by atoms with E-state index in [9.17, 15) is 4.39 Å². The third-order valence-corrected chi connectivity index (χ3v) is 3.98. The van der Waals surface area contributed by atoms with Crippen LogP contribution in [0.5, 0.6) is 0 Å². The van der Waals surface area contributed by atoms with Gasteiger partial charge in [0.25, 0.3) is 0 Å². The Balaban J connectivity index is 0.00000576. The molecule has 0 bridgehead atoms. The smallest absolute Gasteiger partial charge is 0.191 e. The summed E-state index contributed by atoms with van der Waals surface area (Å²) >= 11 is 6.02. The van der Waals surface area contributed by atoms with E-state index in [0.717, 1.165) is 32.7 Å². The Labute approximate surface area is 172 Å². The number of ether oxygens (including phenoxy) is 1. The van der Waals surface area contributed by atoms with E-state index in [1.807, 2.05) is 0 Å². The molecular weight excluding hydrogens is 458 g/mol. The number of rotatable bonds is 10. The first-order valence-electron chi connectivity index (χ1n) is 8.13. The molecule has 0 saturated carbocycles. The SMILES string of the molecule is CN=C(NCCc1c(F)cccc1Cl)NCCN(C)CCCOC.I. The highest BCUT2D eigenvalue weighted by atomic mass is 127. The lowest BCUT2D eigenvalue weighted by molar-refractivity contribution is 0.180. The molecule has 0 radical (unpaired) electrons. The first-order valence-corrected chi connectivity index (χ1v) is 8.51. The Morgan fingerprint density at radius 2 is 2.00 bits per heavy atom. The first-order chi connectivity index (χ1) is 11.6. The van der Waals surface area contributed by atoms with Gasteiger partial charge in [0, 0.05) is 57.5 Å². The van der Waals surface area contributed by atoms with Crippen LogP contribution in [0, 0.1) is 5.82 Å². The van der Waals surface area contributed by atoms with Crippen LogP contribution in [0.15, 0.2) is 23.2 Å². The van der Waals surface area contributed by atoms with Crippen molar-refractivity contribution >= 4 is 41.5 Å². The van der Waals surface area contributed by atoms with Crippen LogP contribution in [0.1, 0.15) is 12.0 Å². The fraction of sp³-hybridized carbons (Fsp3) is 0.588. The predicted molar refractivity (Wildman–Crippen MR) is 114 cm³/mol. The lowest BCUT2D eigenvalue weighted by Crippen LogP contribution is -2.41. The van der Waals surface area contributed by atoms with Gasteiger partial charge in [-0.3, -0.25) is 4.99 Å². The highest BCUT2D eigenvalue weighted by molar-refractivity contribution is 14.0. The molecule has 0 saturated heterocycles. The first kappa shape index (κ1) is 24.4. The maximum Gasteiger partial charge on any atom is 0.191 e. The maximum absolute atomic E-state index is 13.7. The van der Waals surface area contributed by atoms with Crippen molar-refractivity contribution in [2.24, 2.45) is 4.99 Å². The van der Waals surface area contributed by atoms with Crippen LogP contribution >= 0.6 is 35.6 Å². The average molecular weight is 487 g/mol. The molecule has 0 atom stereocenters. The summed E-state index contributed by atoms with van der Waals surface area (Å²) in [5.41, 5.74) is 0.528. The van der Waals surface area contributed by atoms with Gasteiger partial charge in [-0.1, -0.05) is 17.7 Å². The van der Waals surface area contributed by atoms with Gasteiger partial charge in [0.2, 0.25) is 0 Å². The van der Waals surface area contributed by atoms with Gasteiger partial charge in [-0.15, -0.1) is 24.0 Å². The van der Waals surface area contributed by atoms with Crippen molar-refractivity contribution in [1.29, 1.82) is 0 Å². The number of aliphatic imine (C=N–C) groups is 1. The monoisotopic (exact) mass is 486 g/mol. The van der Waals surface area contributed by atoms with Gasteiger partial charge in [-0.05, 0) is 32.0 Å². The Kier molecular flexibility index (Phi) is 14.1. The molecule has 1 aromatic carbocycles. The fourth-order valence-electron chi connectivity index (χ4n) is 2.25. The number of likely N-dealkylation sites (N-methyl/N-ethyl adjacent to an activating group) is 1. The van der Waals surface area contributed by atoms with E-state index in [1.165, 1.54) is 6.07 Å². The normalized spacial score (nSPS) is 11.4. The zero-order valence-electron chi connectivity index (χ0n) is 15.1. The van der Waals surface area contributed by atoms with Crippen LogP contribution in [0.3, 0.4) is 0 Å². The maximum atomic E-state index is 13.7. The summed E-state index contributed by atoms with van der Waals surface area (Å²) in [6.45, 7) is 4.02. The largest absolute Gasteiger partial charge is 0.385 e. The molecule has 1 rings (SSSR count). The van der Waals surface area contributed by atoms with Gasteiger partial charge in [-0.25, -0.2) is 4.39 Å². The molecule has 2 N–H and O–H groups in total. The number of methoxy groups -OCH3 is 1. The number of hydrogen-bond donors (Lipinski definition) is 2. The molecule has 25 heavy (non-hydrogen) atoms. The van der Waals surface area contributed by atoms with E-state index in [4.69, 9.17) is 16.3 Å². The molecule has 8 heteroatoms. The van der Waals surface area contributed by atoms with E-state index in [2.05, 4.69) is 27.6 Å². The number of guanidine groups is 1. The number of halogens is 3. The second kappa shape index (κ2) is 14.5. The van der Waals surface area contributed by atoms with Gasteiger partial charge in [-0.2, -0.15) is 0 Å². The minimum atomic E-state index is -0.273. The number of nitrogens with one attached hydrogen (secondary N) is 2. The summed E-state index contributed by atoms with van der Waals surface area (Å²) in [4.78, 5) is 6.40. The minimum Gasteiger partial charge on any atom is -0.385 e. The van der Waals surface area contributed by atoms with Crippen molar-refractivity contribution in [2.45, 2.75) is 12.8 Å². The Morgan fingerprint density at radius 1 is 1.28 bits per heavy atom. The van der Waals surface area contributed by atoms with Crippen molar-refractivity contribution in [3.05, 3.63) is 34.6 Å². The highest BCUT2D eigenvalue weighted by Gasteiger charge is 2.07. The Hall–Kier alpha value is -0.640. The van der Waals surface area contributed by atoms with E-state index in [1.54, 1.807) is 26.3 Å². The molecule has 144 valence electrons. The molecule has 0 amide bonds. The highest BCUT2D eigenvalue weighted by Crippen LogP contribution is 2.18. The second-order valence-electron chi connectivity index (χ2n) is 5.53. The van der Waals surface area contributed by atoms with E-state index >= 15 is 0 Å². The summed E-state index contributed by atoms with van der Waals surface area (Å²) in [5, 5.41) is 6.87. The van der Waals surface area contributed by atoms with Gasteiger partial charge >= 0.3 is 0 Å². The molecular formula is C17H29ClFIN4O. The summed E-state index contributed by atoms with van der Waals surface area (Å²) < 4.78 is 18.7. The molecule has 0 fully saturated rings. The lowest BCUT2D eigenvalue weighted by atomic mass is 10.1. The summed E-state index contributed by atoms with van der Waals surface area (Å²) in [6.07, 6.45) is 1.52.